The van der Waals surface area contributed by atoms with Gasteiger partial charge in [0.05, 0.1) is 5.56 Å². The van der Waals surface area contributed by atoms with E-state index < -0.39 is 0 Å². The fraction of sp³-hybridized carbons (Fsp3) is 0.462. The van der Waals surface area contributed by atoms with Crippen molar-refractivity contribution in [2.75, 3.05) is 18.4 Å². The molecule has 4 heteroatoms. The molecular weight excluding hydrogens is 278 g/mol. The predicted molar refractivity (Wildman–Crippen MR) is 73.0 cm³/mol. The van der Waals surface area contributed by atoms with Crippen LogP contribution in [0, 0.1) is 11.3 Å². The van der Waals surface area contributed by atoms with Gasteiger partial charge in [-0.1, -0.05) is 0 Å². The molecule has 0 spiro atoms. The third-order valence-corrected chi connectivity index (χ3v) is 3.69. The number of anilines is 1. The minimum absolute atomic E-state index is 0.532. The summed E-state index contributed by atoms with van der Waals surface area (Å²) in [5.74, 6) is 0. The molecule has 0 amide bonds. The van der Waals surface area contributed by atoms with Crippen LogP contribution in [0.1, 0.15) is 24.8 Å². The van der Waals surface area contributed by atoms with Crippen molar-refractivity contribution in [3.8, 4) is 6.07 Å². The smallest absolute Gasteiger partial charge is 0.100 e. The molecule has 1 heterocycles. The summed E-state index contributed by atoms with van der Waals surface area (Å²) in [6, 6.07) is 8.49. The monoisotopic (exact) mass is 293 g/mol. The summed E-state index contributed by atoms with van der Waals surface area (Å²) in [7, 11) is 0. The number of hydrogen-bond acceptors (Lipinski definition) is 3. The highest BCUT2D eigenvalue weighted by atomic mass is 79.9. The van der Waals surface area contributed by atoms with E-state index in [4.69, 9.17) is 5.26 Å². The first-order valence-electron chi connectivity index (χ1n) is 5.96. The quantitative estimate of drug-likeness (QED) is 0.881. The van der Waals surface area contributed by atoms with Gasteiger partial charge in [-0.15, -0.1) is 0 Å². The molecule has 0 aliphatic carbocycles. The predicted octanol–water partition coefficient (Wildman–Crippen LogP) is 2.87. The molecule has 0 bridgehead atoms. The van der Waals surface area contributed by atoms with E-state index in [1.165, 1.54) is 12.8 Å². The lowest BCUT2D eigenvalue weighted by atomic mass is 10.1. The molecule has 1 atom stereocenters. The summed E-state index contributed by atoms with van der Waals surface area (Å²) in [5.41, 5.74) is 1.76. The normalized spacial score (nSPS) is 20.4. The minimum atomic E-state index is 0.532. The average Bonchev–Trinajstić information content (AvgIpc) is 2.58. The fourth-order valence-electron chi connectivity index (χ4n) is 2.09. The van der Waals surface area contributed by atoms with Crippen LogP contribution < -0.4 is 10.6 Å². The molecule has 90 valence electrons. The van der Waals surface area contributed by atoms with Gasteiger partial charge in [0.25, 0.3) is 0 Å². The largest absolute Gasteiger partial charge is 0.382 e. The molecule has 2 rings (SSSR count). The number of benzene rings is 1. The van der Waals surface area contributed by atoms with E-state index in [2.05, 4.69) is 32.6 Å². The number of halogens is 1. The van der Waals surface area contributed by atoms with Gasteiger partial charge in [-0.3, -0.25) is 0 Å². The lowest BCUT2D eigenvalue weighted by molar-refractivity contribution is 0.637. The molecule has 1 aliphatic rings. The molecule has 0 radical (unpaired) electrons. The second-order valence-electron chi connectivity index (χ2n) is 4.33. The Morgan fingerprint density at radius 3 is 3.00 bits per heavy atom. The molecular formula is C13H16BrN3. The van der Waals surface area contributed by atoms with Crippen LogP contribution in [0.25, 0.3) is 0 Å². The highest BCUT2D eigenvalue weighted by Crippen LogP contribution is 2.22. The molecule has 1 fully saturated rings. The first kappa shape index (κ1) is 12.4. The van der Waals surface area contributed by atoms with Crippen molar-refractivity contribution in [1.82, 2.24) is 5.32 Å². The Hall–Kier alpha value is -1.05. The van der Waals surface area contributed by atoms with Crippen molar-refractivity contribution in [3.05, 3.63) is 28.2 Å². The lowest BCUT2D eigenvalue weighted by Crippen LogP contribution is -2.21. The highest BCUT2D eigenvalue weighted by molar-refractivity contribution is 9.10. The zero-order valence-corrected chi connectivity index (χ0v) is 11.3. The van der Waals surface area contributed by atoms with Crippen LogP contribution in [-0.2, 0) is 0 Å². The van der Waals surface area contributed by atoms with Gasteiger partial charge in [-0.05, 0) is 66.5 Å². The topological polar surface area (TPSA) is 47.9 Å². The Bertz CT molecular complexity index is 417. The Labute approximate surface area is 110 Å². The second kappa shape index (κ2) is 6.04. The Morgan fingerprint density at radius 1 is 1.35 bits per heavy atom. The molecule has 17 heavy (non-hydrogen) atoms. The summed E-state index contributed by atoms with van der Waals surface area (Å²) in [6.45, 7) is 2.20. The van der Waals surface area contributed by atoms with E-state index in [0.717, 1.165) is 29.7 Å². The molecule has 3 nitrogen and oxygen atoms in total. The second-order valence-corrected chi connectivity index (χ2v) is 5.18. The van der Waals surface area contributed by atoms with Crippen molar-refractivity contribution in [1.29, 1.82) is 5.26 Å². The van der Waals surface area contributed by atoms with Crippen molar-refractivity contribution in [2.45, 2.75) is 25.3 Å². The zero-order valence-electron chi connectivity index (χ0n) is 9.67. The van der Waals surface area contributed by atoms with Gasteiger partial charge in [-0.2, -0.15) is 5.26 Å². The first-order chi connectivity index (χ1) is 8.29. The van der Waals surface area contributed by atoms with Crippen LogP contribution in [-0.4, -0.2) is 19.1 Å². The number of nitrogens with one attached hydrogen (secondary N) is 2. The van der Waals surface area contributed by atoms with Crippen LogP contribution in [0.4, 0.5) is 5.69 Å². The summed E-state index contributed by atoms with van der Waals surface area (Å²) >= 11 is 3.41. The average molecular weight is 294 g/mol. The van der Waals surface area contributed by atoms with Gasteiger partial charge in [0, 0.05) is 16.2 Å². The van der Waals surface area contributed by atoms with E-state index >= 15 is 0 Å². The number of nitriles is 1. The summed E-state index contributed by atoms with van der Waals surface area (Å²) in [5, 5.41) is 15.8. The zero-order chi connectivity index (χ0) is 12.1. The molecule has 0 aromatic heterocycles. The van der Waals surface area contributed by atoms with E-state index in [1.54, 1.807) is 0 Å². The first-order valence-corrected chi connectivity index (χ1v) is 6.76. The van der Waals surface area contributed by atoms with Gasteiger partial charge in [0.2, 0.25) is 0 Å². The maximum atomic E-state index is 8.86. The van der Waals surface area contributed by atoms with Crippen molar-refractivity contribution in [2.24, 2.45) is 0 Å². The molecule has 0 saturated carbocycles. The Balaban J connectivity index is 2.03. The number of rotatable bonds is 2. The highest BCUT2D eigenvalue weighted by Gasteiger charge is 2.11. The number of hydrogen-bond donors (Lipinski definition) is 2. The minimum Gasteiger partial charge on any atom is -0.382 e. The SMILES string of the molecule is N#Cc1ccc(NC2CCCNCC2)cc1Br. The van der Waals surface area contributed by atoms with E-state index in [9.17, 15) is 0 Å². The van der Waals surface area contributed by atoms with Gasteiger partial charge in [0.15, 0.2) is 0 Å². The molecule has 1 unspecified atom stereocenters. The van der Waals surface area contributed by atoms with Crippen LogP contribution in [0.5, 0.6) is 0 Å². The molecule has 1 aromatic rings. The van der Waals surface area contributed by atoms with Gasteiger partial charge in [-0.25, -0.2) is 0 Å². The summed E-state index contributed by atoms with van der Waals surface area (Å²) in [4.78, 5) is 0. The molecule has 2 N–H and O–H groups in total. The van der Waals surface area contributed by atoms with E-state index in [0.29, 0.717) is 11.6 Å². The van der Waals surface area contributed by atoms with Crippen LogP contribution in [0.3, 0.4) is 0 Å². The molecule has 1 saturated heterocycles. The molecule has 1 aromatic carbocycles. The van der Waals surface area contributed by atoms with E-state index in [-0.39, 0.29) is 0 Å². The summed E-state index contributed by atoms with van der Waals surface area (Å²) < 4.78 is 0.858. The van der Waals surface area contributed by atoms with Crippen molar-refractivity contribution >= 4 is 21.6 Å². The van der Waals surface area contributed by atoms with E-state index in [1.807, 2.05) is 18.2 Å². The molecule has 1 aliphatic heterocycles. The van der Waals surface area contributed by atoms with Gasteiger partial charge >= 0.3 is 0 Å². The van der Waals surface area contributed by atoms with Crippen LogP contribution in [0.15, 0.2) is 22.7 Å². The Kier molecular flexibility index (Phi) is 4.41. The Morgan fingerprint density at radius 2 is 2.24 bits per heavy atom. The maximum absolute atomic E-state index is 8.86. The lowest BCUT2D eigenvalue weighted by Gasteiger charge is -2.17. The fourth-order valence-corrected chi connectivity index (χ4v) is 2.56. The van der Waals surface area contributed by atoms with Gasteiger partial charge < -0.3 is 10.6 Å². The van der Waals surface area contributed by atoms with Crippen LogP contribution in [0.2, 0.25) is 0 Å². The third-order valence-electron chi connectivity index (χ3n) is 3.04. The van der Waals surface area contributed by atoms with Crippen molar-refractivity contribution in [3.63, 3.8) is 0 Å². The number of nitrogens with zero attached hydrogens (tertiary/aromatic N) is 1. The van der Waals surface area contributed by atoms with Crippen molar-refractivity contribution < 1.29 is 0 Å². The standard InChI is InChI=1S/C13H16BrN3/c14-13-8-12(4-3-10(13)9-15)17-11-2-1-6-16-7-5-11/h3-4,8,11,16-17H,1-2,5-7H2. The maximum Gasteiger partial charge on any atom is 0.100 e. The summed E-state index contributed by atoms with van der Waals surface area (Å²) in [6.07, 6.45) is 3.57. The third kappa shape index (κ3) is 3.45. The van der Waals surface area contributed by atoms with Gasteiger partial charge in [0.1, 0.15) is 6.07 Å². The van der Waals surface area contributed by atoms with Crippen LogP contribution >= 0.6 is 15.9 Å².